The van der Waals surface area contributed by atoms with Crippen LogP contribution in [0, 0.1) is 0 Å². The average Bonchev–Trinajstić information content (AvgIpc) is 2.72. The highest BCUT2D eigenvalue weighted by Gasteiger charge is 2.45. The smallest absolute Gasteiger partial charge is 0.370 e. The van der Waals surface area contributed by atoms with E-state index in [0.29, 0.717) is 26.4 Å². The van der Waals surface area contributed by atoms with Crippen LogP contribution in [-0.2, 0) is 22.8 Å². The highest BCUT2D eigenvalue weighted by molar-refractivity contribution is 8.05. The van der Waals surface area contributed by atoms with Crippen molar-refractivity contribution in [3.05, 3.63) is 40.9 Å². The van der Waals surface area contributed by atoms with E-state index in [1.807, 2.05) is 39.0 Å². The van der Waals surface area contributed by atoms with Gasteiger partial charge >= 0.3 is 8.80 Å². The molecule has 1 atom stereocenters. The zero-order valence-corrected chi connectivity index (χ0v) is 19.2. The third kappa shape index (κ3) is 7.63. The summed E-state index contributed by atoms with van der Waals surface area (Å²) >= 11 is 1.66. The van der Waals surface area contributed by atoms with E-state index in [4.69, 9.17) is 22.8 Å². The minimum Gasteiger partial charge on any atom is -0.370 e. The fraction of sp³-hybridized carbons (Fsp3) is 0.619. The maximum absolute atomic E-state index is 6.13. The van der Waals surface area contributed by atoms with Crippen LogP contribution in [0.25, 0.3) is 0 Å². The number of rotatable bonds is 13. The van der Waals surface area contributed by atoms with Crippen molar-refractivity contribution in [3.8, 4) is 0 Å². The molecule has 1 saturated heterocycles. The molecular weight excluding hydrogens is 392 g/mol. The van der Waals surface area contributed by atoms with E-state index < -0.39 is 8.80 Å². The van der Waals surface area contributed by atoms with Gasteiger partial charge in [-0.25, -0.2) is 0 Å². The van der Waals surface area contributed by atoms with Gasteiger partial charge in [-0.1, -0.05) is 36.0 Å². The molecule has 0 aliphatic carbocycles. The van der Waals surface area contributed by atoms with Crippen molar-refractivity contribution in [2.45, 2.75) is 57.6 Å². The summed E-state index contributed by atoms with van der Waals surface area (Å²) in [5.41, 5.74) is 0. The Hall–Kier alpha value is -0.673. The zero-order valence-electron chi connectivity index (χ0n) is 17.4. The normalized spacial score (nSPS) is 18.4. The van der Waals surface area contributed by atoms with Gasteiger partial charge in [0.2, 0.25) is 0 Å². The molecule has 0 amide bonds. The van der Waals surface area contributed by atoms with Crippen molar-refractivity contribution in [3.63, 3.8) is 0 Å². The Morgan fingerprint density at radius 3 is 2.32 bits per heavy atom. The van der Waals surface area contributed by atoms with Crippen LogP contribution in [-0.4, -0.2) is 48.1 Å². The molecule has 1 aromatic carbocycles. The van der Waals surface area contributed by atoms with Crippen LogP contribution in [0.4, 0.5) is 0 Å². The van der Waals surface area contributed by atoms with E-state index in [9.17, 15) is 0 Å². The van der Waals surface area contributed by atoms with Crippen molar-refractivity contribution in [2.75, 3.05) is 33.0 Å². The Kier molecular flexibility index (Phi) is 11.4. The number of ether oxygens (including phenoxy) is 2. The second kappa shape index (κ2) is 13.5. The van der Waals surface area contributed by atoms with Crippen LogP contribution in [0.1, 0.15) is 46.5 Å². The fourth-order valence-corrected chi connectivity index (χ4v) is 7.33. The third-order valence-electron chi connectivity index (χ3n) is 4.17. The lowest BCUT2D eigenvalue weighted by molar-refractivity contribution is -0.161. The molecule has 7 heteroatoms. The fourth-order valence-electron chi connectivity index (χ4n) is 2.99. The van der Waals surface area contributed by atoms with Crippen LogP contribution in [0.3, 0.4) is 0 Å². The second-order valence-corrected chi connectivity index (χ2v) is 10.3. The quantitative estimate of drug-likeness (QED) is 0.246. The molecule has 1 aliphatic rings. The highest BCUT2D eigenvalue weighted by atomic mass is 32.2. The summed E-state index contributed by atoms with van der Waals surface area (Å²) in [6.07, 6.45) is 6.13. The molecule has 0 saturated carbocycles. The molecule has 1 heterocycles. The molecule has 0 radical (unpaired) electrons. The SMILES string of the molecule is CCO[Si](OCC)(OCC)/C(=C/CCOC1CCCCO1)Sc1ccccc1. The number of benzene rings is 1. The Balaban J connectivity index is 2.13. The number of hydrogen-bond donors (Lipinski definition) is 0. The van der Waals surface area contributed by atoms with Crippen molar-refractivity contribution in [1.29, 1.82) is 0 Å². The van der Waals surface area contributed by atoms with Gasteiger partial charge < -0.3 is 22.8 Å². The minimum absolute atomic E-state index is 0.0694. The number of thioether (sulfide) groups is 1. The summed E-state index contributed by atoms with van der Waals surface area (Å²) in [7, 11) is -2.96. The molecule has 1 aromatic rings. The minimum atomic E-state index is -2.96. The third-order valence-corrected chi connectivity index (χ3v) is 8.93. The van der Waals surface area contributed by atoms with E-state index in [-0.39, 0.29) is 6.29 Å². The van der Waals surface area contributed by atoms with E-state index in [1.165, 1.54) is 6.42 Å². The first-order valence-corrected chi connectivity index (χ1v) is 12.9. The second-order valence-electron chi connectivity index (χ2n) is 6.29. The zero-order chi connectivity index (χ0) is 20.1. The maximum Gasteiger partial charge on any atom is 0.543 e. The first-order valence-electron chi connectivity index (χ1n) is 10.3. The van der Waals surface area contributed by atoms with Gasteiger partial charge in [0.25, 0.3) is 0 Å². The van der Waals surface area contributed by atoms with E-state index in [1.54, 1.807) is 11.8 Å². The van der Waals surface area contributed by atoms with Crippen LogP contribution in [0.2, 0.25) is 0 Å². The Labute approximate surface area is 175 Å². The molecule has 2 rings (SSSR count). The van der Waals surface area contributed by atoms with Gasteiger partial charge in [0, 0.05) is 31.3 Å². The van der Waals surface area contributed by atoms with Crippen LogP contribution in [0.15, 0.2) is 45.8 Å². The van der Waals surface area contributed by atoms with Crippen LogP contribution >= 0.6 is 11.8 Å². The summed E-state index contributed by atoms with van der Waals surface area (Å²) in [6.45, 7) is 8.99. The molecule has 0 N–H and O–H groups in total. The molecule has 1 fully saturated rings. The van der Waals surface area contributed by atoms with Crippen molar-refractivity contribution in [2.24, 2.45) is 0 Å². The lowest BCUT2D eigenvalue weighted by atomic mass is 10.2. The summed E-state index contributed by atoms with van der Waals surface area (Å²) in [4.78, 5) is 1.14. The predicted molar refractivity (Wildman–Crippen MR) is 115 cm³/mol. The monoisotopic (exact) mass is 426 g/mol. The van der Waals surface area contributed by atoms with E-state index >= 15 is 0 Å². The molecule has 28 heavy (non-hydrogen) atoms. The molecule has 0 bridgehead atoms. The van der Waals surface area contributed by atoms with Gasteiger partial charge in [0.05, 0.1) is 11.1 Å². The maximum atomic E-state index is 6.13. The summed E-state index contributed by atoms with van der Waals surface area (Å²) in [5.74, 6) is 0. The molecule has 5 nitrogen and oxygen atoms in total. The van der Waals surface area contributed by atoms with Crippen LogP contribution < -0.4 is 0 Å². The molecule has 1 unspecified atom stereocenters. The lowest BCUT2D eigenvalue weighted by Crippen LogP contribution is -2.47. The van der Waals surface area contributed by atoms with E-state index in [2.05, 4.69) is 18.2 Å². The predicted octanol–water partition coefficient (Wildman–Crippen LogP) is 5.18. The van der Waals surface area contributed by atoms with Crippen molar-refractivity contribution >= 4 is 20.6 Å². The van der Waals surface area contributed by atoms with Gasteiger partial charge in [-0.15, -0.1) is 0 Å². The lowest BCUT2D eigenvalue weighted by Gasteiger charge is -2.30. The van der Waals surface area contributed by atoms with E-state index in [0.717, 1.165) is 35.3 Å². The van der Waals surface area contributed by atoms with Crippen LogP contribution in [0.5, 0.6) is 0 Å². The summed E-state index contributed by atoms with van der Waals surface area (Å²) in [6, 6.07) is 10.3. The topological polar surface area (TPSA) is 46.2 Å². The van der Waals surface area contributed by atoms with Crippen molar-refractivity contribution < 1.29 is 22.8 Å². The Bertz CT molecular complexity index is 546. The van der Waals surface area contributed by atoms with Crippen molar-refractivity contribution in [1.82, 2.24) is 0 Å². The summed E-state index contributed by atoms with van der Waals surface area (Å²) in [5, 5.41) is 0. The molecule has 0 spiro atoms. The van der Waals surface area contributed by atoms with Gasteiger partial charge in [0.1, 0.15) is 0 Å². The largest absolute Gasteiger partial charge is 0.543 e. The average molecular weight is 427 g/mol. The van der Waals surface area contributed by atoms with Gasteiger partial charge in [-0.3, -0.25) is 0 Å². The molecular formula is C21H34O5SSi. The molecule has 0 aromatic heterocycles. The van der Waals surface area contributed by atoms with Gasteiger partial charge in [-0.05, 0) is 58.6 Å². The van der Waals surface area contributed by atoms with Gasteiger partial charge in [0.15, 0.2) is 6.29 Å². The number of hydrogen-bond acceptors (Lipinski definition) is 6. The molecule has 158 valence electrons. The first kappa shape index (κ1) is 23.6. The molecule has 1 aliphatic heterocycles. The Morgan fingerprint density at radius 1 is 1.07 bits per heavy atom. The summed E-state index contributed by atoms with van der Waals surface area (Å²) < 4.78 is 31.0. The Morgan fingerprint density at radius 2 is 1.75 bits per heavy atom. The standard InChI is InChI=1S/C21H34O5SSi/c1-4-24-28(25-5-2,26-6-3)21(27-19-13-8-7-9-14-19)16-12-18-23-20-15-10-11-17-22-20/h7-9,13-14,16,20H,4-6,10-12,15,17-18H2,1-3H3/b21-16+. The first-order chi connectivity index (χ1) is 13.7. The van der Waals surface area contributed by atoms with Gasteiger partial charge in [-0.2, -0.15) is 0 Å². The highest BCUT2D eigenvalue weighted by Crippen LogP contribution is 2.35.